The molecule has 1 aliphatic heterocycles. The number of hydrogen-bond donors (Lipinski definition) is 2. The summed E-state index contributed by atoms with van der Waals surface area (Å²) < 4.78 is 5.63. The van der Waals surface area contributed by atoms with E-state index in [2.05, 4.69) is 10.2 Å². The molecule has 0 spiro atoms. The zero-order valence-corrected chi connectivity index (χ0v) is 14.2. The van der Waals surface area contributed by atoms with Crippen LogP contribution in [-0.4, -0.2) is 60.9 Å². The lowest BCUT2D eigenvalue weighted by Gasteiger charge is -2.39. The largest absolute Gasteiger partial charge is 0.393 e. The lowest BCUT2D eigenvalue weighted by molar-refractivity contribution is -0.126. The van der Waals surface area contributed by atoms with Gasteiger partial charge in [0.15, 0.2) is 0 Å². The summed E-state index contributed by atoms with van der Waals surface area (Å²) in [5.74, 6) is 1.07. The second-order valence-corrected chi connectivity index (χ2v) is 7.58. The van der Waals surface area contributed by atoms with Gasteiger partial charge in [-0.25, -0.2) is 0 Å². The Bertz CT molecular complexity index is 384. The summed E-state index contributed by atoms with van der Waals surface area (Å²) in [4.78, 5) is 14.6. The van der Waals surface area contributed by atoms with Crippen molar-refractivity contribution in [3.8, 4) is 0 Å². The fourth-order valence-corrected chi connectivity index (χ4v) is 4.56. The maximum atomic E-state index is 12.3. The van der Waals surface area contributed by atoms with Gasteiger partial charge < -0.3 is 15.2 Å². The minimum absolute atomic E-state index is 0.134. The molecule has 0 bridgehead atoms. The zero-order valence-electron chi connectivity index (χ0n) is 14.2. The van der Waals surface area contributed by atoms with Crippen molar-refractivity contribution in [2.45, 2.75) is 63.5 Å². The molecule has 3 aliphatic rings. The van der Waals surface area contributed by atoms with E-state index in [9.17, 15) is 9.90 Å². The Kier molecular flexibility index (Phi) is 6.31. The summed E-state index contributed by atoms with van der Waals surface area (Å²) in [6.45, 7) is 3.42. The van der Waals surface area contributed by atoms with E-state index >= 15 is 0 Å². The van der Waals surface area contributed by atoms with Gasteiger partial charge in [0.05, 0.1) is 25.9 Å². The number of hydrogen-bond acceptors (Lipinski definition) is 4. The first kappa shape index (κ1) is 17.2. The van der Waals surface area contributed by atoms with E-state index in [-0.39, 0.29) is 24.0 Å². The Labute approximate surface area is 139 Å². The molecule has 5 nitrogen and oxygen atoms in total. The molecule has 3 fully saturated rings. The van der Waals surface area contributed by atoms with E-state index in [1.54, 1.807) is 0 Å². The van der Waals surface area contributed by atoms with Gasteiger partial charge in [-0.15, -0.1) is 0 Å². The summed E-state index contributed by atoms with van der Waals surface area (Å²) >= 11 is 0. The highest BCUT2D eigenvalue weighted by atomic mass is 16.5. The Morgan fingerprint density at radius 2 is 1.96 bits per heavy atom. The zero-order chi connectivity index (χ0) is 16.1. The van der Waals surface area contributed by atoms with Crippen molar-refractivity contribution in [2.75, 3.05) is 32.8 Å². The molecule has 1 saturated heterocycles. The second kappa shape index (κ2) is 8.45. The molecule has 1 heterocycles. The number of aliphatic hydroxyl groups excluding tert-OH is 1. The fraction of sp³-hybridized carbons (Fsp3) is 0.944. The van der Waals surface area contributed by atoms with Crippen molar-refractivity contribution in [3.05, 3.63) is 0 Å². The van der Waals surface area contributed by atoms with Crippen molar-refractivity contribution < 1.29 is 14.6 Å². The summed E-state index contributed by atoms with van der Waals surface area (Å²) in [5.41, 5.74) is 0. The quantitative estimate of drug-likeness (QED) is 0.805. The predicted octanol–water partition coefficient (Wildman–Crippen LogP) is 1.54. The van der Waals surface area contributed by atoms with Crippen LogP contribution in [0.25, 0.3) is 0 Å². The Balaban J connectivity index is 1.47. The average molecular weight is 324 g/mol. The standard InChI is InChI=1S/C18H32N2O3/c21-17-8-4-7-15(17)16-13-23-10-9-20(16)12-18(22)19-11-14-5-2-1-3-6-14/h14-17,21H,1-13H2,(H,19,22)/t15-,16+,17-/m0/s1. The molecule has 3 rings (SSSR count). The van der Waals surface area contributed by atoms with Crippen LogP contribution in [0.2, 0.25) is 0 Å². The van der Waals surface area contributed by atoms with E-state index in [4.69, 9.17) is 4.74 Å². The highest BCUT2D eigenvalue weighted by Gasteiger charge is 2.38. The predicted molar refractivity (Wildman–Crippen MR) is 89.1 cm³/mol. The molecular formula is C18H32N2O3. The first-order valence-electron chi connectivity index (χ1n) is 9.50. The SMILES string of the molecule is O=C(CN1CCOC[C@@H]1[C@@H]1CCC[C@@H]1O)NCC1CCCCC1. The minimum Gasteiger partial charge on any atom is -0.393 e. The van der Waals surface area contributed by atoms with Crippen molar-refractivity contribution in [2.24, 2.45) is 11.8 Å². The molecule has 132 valence electrons. The number of carbonyl (C=O) groups excluding carboxylic acids is 1. The number of nitrogens with zero attached hydrogens (tertiary/aromatic N) is 1. The number of carbonyl (C=O) groups is 1. The van der Waals surface area contributed by atoms with Crippen molar-refractivity contribution in [3.63, 3.8) is 0 Å². The van der Waals surface area contributed by atoms with Crippen LogP contribution in [0.4, 0.5) is 0 Å². The van der Waals surface area contributed by atoms with Gasteiger partial charge in [0, 0.05) is 25.0 Å². The summed E-state index contributed by atoms with van der Waals surface area (Å²) in [7, 11) is 0. The maximum Gasteiger partial charge on any atom is 0.234 e. The molecule has 3 atom stereocenters. The molecule has 0 aromatic heterocycles. The third-order valence-corrected chi connectivity index (χ3v) is 5.97. The molecule has 0 radical (unpaired) electrons. The molecule has 2 saturated carbocycles. The minimum atomic E-state index is -0.227. The topological polar surface area (TPSA) is 61.8 Å². The van der Waals surface area contributed by atoms with Crippen molar-refractivity contribution >= 4 is 5.91 Å². The number of morpholine rings is 1. The fourth-order valence-electron chi connectivity index (χ4n) is 4.56. The van der Waals surface area contributed by atoms with Gasteiger partial charge in [-0.05, 0) is 31.6 Å². The third kappa shape index (κ3) is 4.68. The smallest absolute Gasteiger partial charge is 0.234 e. The molecular weight excluding hydrogens is 292 g/mol. The van der Waals surface area contributed by atoms with Gasteiger partial charge in [0.25, 0.3) is 0 Å². The normalized spacial score (nSPS) is 33.7. The Morgan fingerprint density at radius 1 is 1.13 bits per heavy atom. The van der Waals surface area contributed by atoms with Crippen LogP contribution in [0.5, 0.6) is 0 Å². The number of amides is 1. The van der Waals surface area contributed by atoms with Crippen LogP contribution in [0.3, 0.4) is 0 Å². The number of aliphatic hydroxyl groups is 1. The monoisotopic (exact) mass is 324 g/mol. The number of nitrogens with one attached hydrogen (secondary N) is 1. The molecule has 5 heteroatoms. The van der Waals surface area contributed by atoms with Gasteiger partial charge in [-0.1, -0.05) is 25.7 Å². The Morgan fingerprint density at radius 3 is 2.70 bits per heavy atom. The van der Waals surface area contributed by atoms with Crippen LogP contribution in [0.15, 0.2) is 0 Å². The van der Waals surface area contributed by atoms with Gasteiger partial charge in [-0.3, -0.25) is 9.69 Å². The molecule has 2 N–H and O–H groups in total. The number of rotatable bonds is 5. The highest BCUT2D eigenvalue weighted by Crippen LogP contribution is 2.32. The summed E-state index contributed by atoms with van der Waals surface area (Å²) in [5, 5.41) is 13.3. The van der Waals surface area contributed by atoms with Crippen LogP contribution in [0, 0.1) is 11.8 Å². The van der Waals surface area contributed by atoms with E-state index in [0.29, 0.717) is 25.7 Å². The summed E-state index contributed by atoms with van der Waals surface area (Å²) in [6.07, 6.45) is 9.29. The van der Waals surface area contributed by atoms with Crippen LogP contribution >= 0.6 is 0 Å². The molecule has 0 aromatic carbocycles. The van der Waals surface area contributed by atoms with E-state index in [0.717, 1.165) is 32.4 Å². The lowest BCUT2D eigenvalue weighted by Crippen LogP contribution is -2.54. The van der Waals surface area contributed by atoms with Gasteiger partial charge in [0.2, 0.25) is 5.91 Å². The first-order chi connectivity index (χ1) is 11.2. The first-order valence-corrected chi connectivity index (χ1v) is 9.50. The van der Waals surface area contributed by atoms with E-state index in [1.807, 2.05) is 0 Å². The lowest BCUT2D eigenvalue weighted by atomic mass is 9.89. The maximum absolute atomic E-state index is 12.3. The Hall–Kier alpha value is -0.650. The second-order valence-electron chi connectivity index (χ2n) is 7.58. The molecule has 0 aromatic rings. The van der Waals surface area contributed by atoms with E-state index < -0.39 is 0 Å². The third-order valence-electron chi connectivity index (χ3n) is 5.97. The van der Waals surface area contributed by atoms with Crippen molar-refractivity contribution in [1.29, 1.82) is 0 Å². The van der Waals surface area contributed by atoms with Gasteiger partial charge in [-0.2, -0.15) is 0 Å². The highest BCUT2D eigenvalue weighted by molar-refractivity contribution is 5.78. The average Bonchev–Trinajstić information content (AvgIpc) is 3.00. The van der Waals surface area contributed by atoms with Crippen LogP contribution in [0.1, 0.15) is 51.4 Å². The number of ether oxygens (including phenoxy) is 1. The van der Waals surface area contributed by atoms with E-state index in [1.165, 1.54) is 32.1 Å². The van der Waals surface area contributed by atoms with Gasteiger partial charge >= 0.3 is 0 Å². The molecule has 1 amide bonds. The molecule has 23 heavy (non-hydrogen) atoms. The molecule has 0 unspecified atom stereocenters. The molecule has 2 aliphatic carbocycles. The summed E-state index contributed by atoms with van der Waals surface area (Å²) in [6, 6.07) is 0.196. The van der Waals surface area contributed by atoms with Gasteiger partial charge in [0.1, 0.15) is 0 Å². The van der Waals surface area contributed by atoms with Crippen LogP contribution < -0.4 is 5.32 Å². The van der Waals surface area contributed by atoms with Crippen LogP contribution in [-0.2, 0) is 9.53 Å². The van der Waals surface area contributed by atoms with Crippen molar-refractivity contribution in [1.82, 2.24) is 10.2 Å².